The molecule has 5 heteroatoms. The van der Waals surface area contributed by atoms with Crippen molar-refractivity contribution in [2.75, 3.05) is 13.6 Å². The number of nitrogens with zero attached hydrogens (tertiary/aromatic N) is 2. The van der Waals surface area contributed by atoms with E-state index < -0.39 is 0 Å². The van der Waals surface area contributed by atoms with Gasteiger partial charge < -0.3 is 5.32 Å². The predicted octanol–water partition coefficient (Wildman–Crippen LogP) is 1.30. The lowest BCUT2D eigenvalue weighted by molar-refractivity contribution is -0.117. The fraction of sp³-hybridized carbons (Fsp3) is 0.600. The summed E-state index contributed by atoms with van der Waals surface area (Å²) in [5.74, 6) is 0.174. The zero-order valence-electron chi connectivity index (χ0n) is 9.30. The van der Waals surface area contributed by atoms with Gasteiger partial charge in [0.1, 0.15) is 0 Å². The molecular weight excluding hydrogens is 258 g/mol. The molecule has 15 heavy (non-hydrogen) atoms. The second-order valence-corrected chi connectivity index (χ2v) is 4.20. The molecule has 4 nitrogen and oxygen atoms in total. The molecule has 0 aliphatic carbocycles. The van der Waals surface area contributed by atoms with E-state index in [4.69, 9.17) is 0 Å². The van der Waals surface area contributed by atoms with Crippen LogP contribution in [0.1, 0.15) is 18.3 Å². The van der Waals surface area contributed by atoms with Crippen molar-refractivity contribution in [3.8, 4) is 0 Å². The third kappa shape index (κ3) is 2.89. The van der Waals surface area contributed by atoms with Gasteiger partial charge in [0, 0.05) is 6.54 Å². The van der Waals surface area contributed by atoms with Crippen molar-refractivity contribution < 1.29 is 4.79 Å². The summed E-state index contributed by atoms with van der Waals surface area (Å²) in [6, 6.07) is 0. The van der Waals surface area contributed by atoms with E-state index in [9.17, 15) is 4.79 Å². The Bertz CT molecular complexity index is 360. The van der Waals surface area contributed by atoms with E-state index in [0.29, 0.717) is 13.0 Å². The highest BCUT2D eigenvalue weighted by molar-refractivity contribution is 9.10. The summed E-state index contributed by atoms with van der Waals surface area (Å²) in [6.07, 6.45) is 0.427. The van der Waals surface area contributed by atoms with E-state index >= 15 is 0 Å². The second kappa shape index (κ2) is 5.42. The lowest BCUT2D eigenvalue weighted by atomic mass is 10.2. The van der Waals surface area contributed by atoms with Crippen LogP contribution in [-0.2, 0) is 17.8 Å². The van der Waals surface area contributed by atoms with E-state index in [0.717, 1.165) is 22.4 Å². The summed E-state index contributed by atoms with van der Waals surface area (Å²) in [7, 11) is 1.77. The first-order valence-corrected chi connectivity index (χ1v) is 5.77. The number of hydrogen-bond donors (Lipinski definition) is 1. The molecule has 0 atom stereocenters. The number of aromatic nitrogens is 2. The maximum absolute atomic E-state index is 11.5. The van der Waals surface area contributed by atoms with Gasteiger partial charge in [-0.15, -0.1) is 0 Å². The summed E-state index contributed by atoms with van der Waals surface area (Å²) in [6.45, 7) is 5.14. The second-order valence-electron chi connectivity index (χ2n) is 3.41. The molecule has 0 bridgehead atoms. The van der Waals surface area contributed by atoms with Crippen LogP contribution in [0.3, 0.4) is 0 Å². The highest BCUT2D eigenvalue weighted by Gasteiger charge is 2.14. The molecule has 0 fully saturated rings. The van der Waals surface area contributed by atoms with Gasteiger partial charge in [-0.05, 0) is 36.8 Å². The third-order valence-corrected chi connectivity index (χ3v) is 3.22. The molecule has 0 radical (unpaired) electrons. The fourth-order valence-electron chi connectivity index (χ4n) is 1.48. The Balaban J connectivity index is 2.87. The van der Waals surface area contributed by atoms with Gasteiger partial charge in [0.25, 0.3) is 0 Å². The monoisotopic (exact) mass is 273 g/mol. The smallest absolute Gasteiger partial charge is 0.152 e. The van der Waals surface area contributed by atoms with Crippen LogP contribution in [0.5, 0.6) is 0 Å². The quantitative estimate of drug-likeness (QED) is 0.880. The van der Waals surface area contributed by atoms with E-state index in [1.165, 1.54) is 0 Å². The SMILES string of the molecule is CCn1nc(C)c(Br)c1CC(=O)CNC. The molecule has 1 aromatic rings. The highest BCUT2D eigenvalue weighted by Crippen LogP contribution is 2.21. The molecule has 0 amide bonds. The van der Waals surface area contributed by atoms with Crippen LogP contribution in [0.4, 0.5) is 0 Å². The van der Waals surface area contributed by atoms with Crippen molar-refractivity contribution >= 4 is 21.7 Å². The van der Waals surface area contributed by atoms with Crippen LogP contribution in [0, 0.1) is 6.92 Å². The van der Waals surface area contributed by atoms with Crippen molar-refractivity contribution in [2.24, 2.45) is 0 Å². The lowest BCUT2D eigenvalue weighted by Gasteiger charge is -2.04. The molecule has 1 heterocycles. The summed E-state index contributed by atoms with van der Waals surface area (Å²) in [5.41, 5.74) is 1.90. The molecule has 0 aliphatic rings. The first kappa shape index (κ1) is 12.4. The fourth-order valence-corrected chi connectivity index (χ4v) is 1.91. The predicted molar refractivity (Wildman–Crippen MR) is 63.0 cm³/mol. The first-order chi connectivity index (χ1) is 7.10. The average molecular weight is 274 g/mol. The molecule has 1 rings (SSSR count). The van der Waals surface area contributed by atoms with Crippen LogP contribution in [0.2, 0.25) is 0 Å². The van der Waals surface area contributed by atoms with Gasteiger partial charge >= 0.3 is 0 Å². The summed E-state index contributed by atoms with van der Waals surface area (Å²) in [5, 5.41) is 7.20. The molecule has 0 spiro atoms. The molecule has 0 saturated carbocycles. The molecule has 1 N–H and O–H groups in total. The zero-order valence-corrected chi connectivity index (χ0v) is 10.9. The molecule has 0 aliphatic heterocycles. The lowest BCUT2D eigenvalue weighted by Crippen LogP contribution is -2.21. The average Bonchev–Trinajstić information content (AvgIpc) is 2.46. The van der Waals surface area contributed by atoms with Crippen molar-refractivity contribution in [3.05, 3.63) is 15.9 Å². The molecule has 1 aromatic heterocycles. The van der Waals surface area contributed by atoms with E-state index in [2.05, 4.69) is 26.3 Å². The summed E-state index contributed by atoms with van der Waals surface area (Å²) >= 11 is 3.47. The van der Waals surface area contributed by atoms with Crippen molar-refractivity contribution in [2.45, 2.75) is 26.8 Å². The molecular formula is C10H16BrN3O. The van der Waals surface area contributed by atoms with Crippen LogP contribution < -0.4 is 5.32 Å². The summed E-state index contributed by atoms with van der Waals surface area (Å²) < 4.78 is 2.82. The van der Waals surface area contributed by atoms with Gasteiger partial charge in [-0.1, -0.05) is 0 Å². The Morgan fingerprint density at radius 3 is 2.80 bits per heavy atom. The largest absolute Gasteiger partial charge is 0.313 e. The number of ketones is 1. The molecule has 0 saturated heterocycles. The summed E-state index contributed by atoms with van der Waals surface area (Å²) in [4.78, 5) is 11.5. The van der Waals surface area contributed by atoms with Crippen LogP contribution in [0.15, 0.2) is 4.47 Å². The van der Waals surface area contributed by atoms with Crippen LogP contribution >= 0.6 is 15.9 Å². The van der Waals surface area contributed by atoms with Crippen molar-refractivity contribution in [1.29, 1.82) is 0 Å². The Labute approximate surface area is 98.2 Å². The topological polar surface area (TPSA) is 46.9 Å². The van der Waals surface area contributed by atoms with Crippen molar-refractivity contribution in [1.82, 2.24) is 15.1 Å². The number of hydrogen-bond acceptors (Lipinski definition) is 3. The minimum atomic E-state index is 0.174. The normalized spacial score (nSPS) is 10.7. The highest BCUT2D eigenvalue weighted by atomic mass is 79.9. The first-order valence-electron chi connectivity index (χ1n) is 4.98. The zero-order chi connectivity index (χ0) is 11.4. The van der Waals surface area contributed by atoms with Gasteiger partial charge in [-0.25, -0.2) is 0 Å². The number of likely N-dealkylation sites (N-methyl/N-ethyl adjacent to an activating group) is 1. The minimum Gasteiger partial charge on any atom is -0.313 e. The van der Waals surface area contributed by atoms with E-state index in [-0.39, 0.29) is 5.78 Å². The van der Waals surface area contributed by atoms with E-state index in [1.54, 1.807) is 7.05 Å². The van der Waals surface area contributed by atoms with Crippen LogP contribution in [-0.4, -0.2) is 29.2 Å². The number of carbonyl (C=O) groups is 1. The van der Waals surface area contributed by atoms with Crippen LogP contribution in [0.25, 0.3) is 0 Å². The number of carbonyl (C=O) groups excluding carboxylic acids is 1. The van der Waals surface area contributed by atoms with Gasteiger partial charge in [0.05, 0.1) is 28.8 Å². The standard InChI is InChI=1S/C10H16BrN3O/c1-4-14-9(5-8(15)6-12-3)10(11)7(2)13-14/h12H,4-6H2,1-3H3. The Morgan fingerprint density at radius 2 is 2.27 bits per heavy atom. The van der Waals surface area contributed by atoms with Gasteiger partial charge in [0.15, 0.2) is 5.78 Å². The Morgan fingerprint density at radius 1 is 1.60 bits per heavy atom. The number of nitrogens with one attached hydrogen (secondary N) is 1. The molecule has 0 aromatic carbocycles. The maximum atomic E-state index is 11.5. The Kier molecular flexibility index (Phi) is 4.47. The Hall–Kier alpha value is -0.680. The minimum absolute atomic E-state index is 0.174. The van der Waals surface area contributed by atoms with E-state index in [1.807, 2.05) is 18.5 Å². The van der Waals surface area contributed by atoms with Gasteiger partial charge in [-0.3, -0.25) is 9.48 Å². The van der Waals surface area contributed by atoms with Gasteiger partial charge in [-0.2, -0.15) is 5.10 Å². The number of Topliss-reactive ketones (excluding diaryl/α,β-unsaturated/α-hetero) is 1. The maximum Gasteiger partial charge on any atom is 0.152 e. The molecule has 0 unspecified atom stereocenters. The number of halogens is 1. The number of aryl methyl sites for hydroxylation is 2. The van der Waals surface area contributed by atoms with Gasteiger partial charge in [0.2, 0.25) is 0 Å². The number of rotatable bonds is 5. The third-order valence-electron chi connectivity index (χ3n) is 2.19. The molecule has 84 valence electrons. The van der Waals surface area contributed by atoms with Crippen molar-refractivity contribution in [3.63, 3.8) is 0 Å².